The summed E-state index contributed by atoms with van der Waals surface area (Å²) in [7, 11) is 3.44. The van der Waals surface area contributed by atoms with E-state index in [9.17, 15) is 4.79 Å². The van der Waals surface area contributed by atoms with Crippen molar-refractivity contribution in [2.24, 2.45) is 0 Å². The predicted molar refractivity (Wildman–Crippen MR) is 102 cm³/mol. The number of carbonyl (C=O) groups is 1. The van der Waals surface area contributed by atoms with Crippen LogP contribution in [0.5, 0.6) is 0 Å². The number of thioether (sulfide) groups is 1. The first-order chi connectivity index (χ1) is 11.6. The Morgan fingerprint density at radius 2 is 1.54 bits per heavy atom. The van der Waals surface area contributed by atoms with Crippen LogP contribution in [0.25, 0.3) is 0 Å². The number of aromatic nitrogens is 3. The average Bonchev–Trinajstić information content (AvgIpc) is 2.92. The fourth-order valence-corrected chi connectivity index (χ4v) is 3.42. The molecule has 0 N–H and O–H groups in total. The molecule has 1 amide bonds. The van der Waals surface area contributed by atoms with Crippen LogP contribution in [0.1, 0.15) is 77.0 Å². The first kappa shape index (κ1) is 21.0. The molecular weight excluding hydrogens is 320 g/mol. The van der Waals surface area contributed by atoms with Gasteiger partial charge in [-0.3, -0.25) is 0 Å². The summed E-state index contributed by atoms with van der Waals surface area (Å²) < 4.78 is 1.38. The van der Waals surface area contributed by atoms with E-state index >= 15 is 0 Å². The molecule has 0 saturated carbocycles. The predicted octanol–water partition coefficient (Wildman–Crippen LogP) is 5.13. The molecule has 0 aliphatic heterocycles. The van der Waals surface area contributed by atoms with Gasteiger partial charge in [0.25, 0.3) is 0 Å². The zero-order valence-electron chi connectivity index (χ0n) is 15.9. The summed E-state index contributed by atoms with van der Waals surface area (Å²) >= 11 is 1.65. The molecule has 1 aromatic rings. The normalized spacial score (nSPS) is 11.0. The van der Waals surface area contributed by atoms with E-state index in [-0.39, 0.29) is 6.03 Å². The lowest BCUT2D eigenvalue weighted by Crippen LogP contribution is -2.29. The van der Waals surface area contributed by atoms with Crippen LogP contribution in [0.2, 0.25) is 0 Å². The molecule has 0 aliphatic carbocycles. The van der Waals surface area contributed by atoms with E-state index in [2.05, 4.69) is 17.0 Å². The molecule has 0 saturated heterocycles. The summed E-state index contributed by atoms with van der Waals surface area (Å²) in [4.78, 5) is 17.8. The quantitative estimate of drug-likeness (QED) is 0.386. The Hall–Kier alpha value is -1.04. The standard InChI is InChI=1S/C18H34N4OS/c1-5-6-7-8-9-10-11-12-13-14-15-24-17-19-16(2)22(20-17)18(23)21(3)4/h5-15H2,1-4H3. The zero-order valence-corrected chi connectivity index (χ0v) is 16.7. The molecule has 1 rings (SSSR count). The summed E-state index contributed by atoms with van der Waals surface area (Å²) in [6.07, 6.45) is 13.5. The molecule has 0 atom stereocenters. The maximum Gasteiger partial charge on any atom is 0.345 e. The number of unbranched alkanes of at least 4 members (excludes halogenated alkanes) is 9. The van der Waals surface area contributed by atoms with Gasteiger partial charge in [0.05, 0.1) is 0 Å². The largest absolute Gasteiger partial charge is 0.345 e. The van der Waals surface area contributed by atoms with E-state index < -0.39 is 0 Å². The average molecular weight is 355 g/mol. The van der Waals surface area contributed by atoms with E-state index in [4.69, 9.17) is 0 Å². The number of hydrogen-bond acceptors (Lipinski definition) is 4. The molecule has 24 heavy (non-hydrogen) atoms. The molecule has 1 heterocycles. The third-order valence-corrected chi connectivity index (χ3v) is 4.97. The molecule has 1 aromatic heterocycles. The van der Waals surface area contributed by atoms with Crippen molar-refractivity contribution >= 4 is 17.8 Å². The maximum absolute atomic E-state index is 11.9. The monoisotopic (exact) mass is 354 g/mol. The van der Waals surface area contributed by atoms with Crippen LogP contribution in [0.4, 0.5) is 4.79 Å². The van der Waals surface area contributed by atoms with Gasteiger partial charge in [0.15, 0.2) is 0 Å². The van der Waals surface area contributed by atoms with Gasteiger partial charge in [0.2, 0.25) is 5.16 Å². The summed E-state index contributed by atoms with van der Waals surface area (Å²) in [6.45, 7) is 4.08. The Balaban J connectivity index is 2.07. The summed E-state index contributed by atoms with van der Waals surface area (Å²) in [5, 5.41) is 5.00. The van der Waals surface area contributed by atoms with Gasteiger partial charge in [-0.15, -0.1) is 5.10 Å². The minimum absolute atomic E-state index is 0.147. The Labute approximate surface area is 151 Å². The second-order valence-corrected chi connectivity index (χ2v) is 7.62. The fourth-order valence-electron chi connectivity index (χ4n) is 2.55. The smallest absolute Gasteiger partial charge is 0.329 e. The second kappa shape index (κ2) is 12.3. The number of carbonyl (C=O) groups excluding carboxylic acids is 1. The Kier molecular flexibility index (Phi) is 10.8. The van der Waals surface area contributed by atoms with E-state index in [0.717, 1.165) is 5.75 Å². The van der Waals surface area contributed by atoms with Gasteiger partial charge < -0.3 is 4.90 Å². The highest BCUT2D eigenvalue weighted by molar-refractivity contribution is 7.99. The van der Waals surface area contributed by atoms with Crippen molar-refractivity contribution in [3.05, 3.63) is 5.82 Å². The zero-order chi connectivity index (χ0) is 17.8. The van der Waals surface area contributed by atoms with Crippen LogP contribution in [0.3, 0.4) is 0 Å². The number of hydrogen-bond donors (Lipinski definition) is 0. The van der Waals surface area contributed by atoms with Crippen LogP contribution in [0.15, 0.2) is 5.16 Å². The second-order valence-electron chi connectivity index (χ2n) is 6.56. The maximum atomic E-state index is 11.9. The van der Waals surface area contributed by atoms with Crippen molar-refractivity contribution in [2.75, 3.05) is 19.8 Å². The molecule has 0 spiro atoms. The minimum Gasteiger partial charge on any atom is -0.329 e. The van der Waals surface area contributed by atoms with Gasteiger partial charge in [-0.25, -0.2) is 9.78 Å². The lowest BCUT2D eigenvalue weighted by atomic mass is 10.1. The van der Waals surface area contributed by atoms with E-state index in [1.807, 2.05) is 6.92 Å². The van der Waals surface area contributed by atoms with E-state index in [0.29, 0.717) is 11.0 Å². The molecule has 138 valence electrons. The third kappa shape index (κ3) is 8.18. The number of amides is 1. The fraction of sp³-hybridized carbons (Fsp3) is 0.833. The Morgan fingerprint density at radius 1 is 1.00 bits per heavy atom. The SMILES string of the molecule is CCCCCCCCCCCCSc1nc(C)n(C(=O)N(C)C)n1. The van der Waals surface area contributed by atoms with Crippen molar-refractivity contribution in [3.63, 3.8) is 0 Å². The lowest BCUT2D eigenvalue weighted by molar-refractivity contribution is 0.215. The van der Waals surface area contributed by atoms with Crippen LogP contribution in [-0.4, -0.2) is 45.5 Å². The highest BCUT2D eigenvalue weighted by Crippen LogP contribution is 2.17. The molecule has 0 bridgehead atoms. The first-order valence-corrected chi connectivity index (χ1v) is 10.3. The Bertz CT molecular complexity index is 474. The minimum atomic E-state index is -0.147. The van der Waals surface area contributed by atoms with Crippen molar-refractivity contribution in [1.29, 1.82) is 0 Å². The van der Waals surface area contributed by atoms with Gasteiger partial charge in [-0.05, 0) is 13.3 Å². The topological polar surface area (TPSA) is 51.0 Å². The molecule has 5 nitrogen and oxygen atoms in total. The van der Waals surface area contributed by atoms with E-state index in [1.165, 1.54) is 73.8 Å². The first-order valence-electron chi connectivity index (χ1n) is 9.34. The summed E-state index contributed by atoms with van der Waals surface area (Å²) in [5.74, 6) is 1.68. The van der Waals surface area contributed by atoms with Crippen LogP contribution in [0, 0.1) is 6.92 Å². The molecule has 0 fully saturated rings. The summed E-state index contributed by atoms with van der Waals surface area (Å²) in [6, 6.07) is -0.147. The molecular formula is C18H34N4OS. The number of aryl methyl sites for hydroxylation is 1. The van der Waals surface area contributed by atoms with Crippen molar-refractivity contribution < 1.29 is 4.79 Å². The van der Waals surface area contributed by atoms with Crippen LogP contribution in [-0.2, 0) is 0 Å². The van der Waals surface area contributed by atoms with Crippen molar-refractivity contribution in [3.8, 4) is 0 Å². The van der Waals surface area contributed by atoms with Gasteiger partial charge in [-0.2, -0.15) is 4.68 Å². The Morgan fingerprint density at radius 3 is 2.08 bits per heavy atom. The summed E-state index contributed by atoms with van der Waals surface area (Å²) in [5.41, 5.74) is 0. The van der Waals surface area contributed by atoms with Crippen LogP contribution < -0.4 is 0 Å². The molecule has 0 radical (unpaired) electrons. The highest BCUT2D eigenvalue weighted by Gasteiger charge is 2.14. The molecule has 6 heteroatoms. The molecule has 0 unspecified atom stereocenters. The molecule has 0 aliphatic rings. The lowest BCUT2D eigenvalue weighted by Gasteiger charge is -2.09. The van der Waals surface area contributed by atoms with Gasteiger partial charge >= 0.3 is 6.03 Å². The number of rotatable bonds is 12. The van der Waals surface area contributed by atoms with Gasteiger partial charge in [0.1, 0.15) is 5.82 Å². The highest BCUT2D eigenvalue weighted by atomic mass is 32.2. The van der Waals surface area contributed by atoms with Crippen LogP contribution >= 0.6 is 11.8 Å². The van der Waals surface area contributed by atoms with Gasteiger partial charge in [0, 0.05) is 19.8 Å². The number of nitrogens with zero attached hydrogens (tertiary/aromatic N) is 4. The van der Waals surface area contributed by atoms with E-state index in [1.54, 1.807) is 25.9 Å². The molecule has 0 aromatic carbocycles. The third-order valence-electron chi connectivity index (χ3n) is 4.04. The van der Waals surface area contributed by atoms with Crippen molar-refractivity contribution in [2.45, 2.75) is 83.2 Å². The van der Waals surface area contributed by atoms with Gasteiger partial charge in [-0.1, -0.05) is 76.5 Å². The van der Waals surface area contributed by atoms with Crippen molar-refractivity contribution in [1.82, 2.24) is 19.7 Å².